The van der Waals surface area contributed by atoms with Crippen LogP contribution in [-0.4, -0.2) is 29.1 Å². The fourth-order valence-corrected chi connectivity index (χ4v) is 3.76. The number of carboxylic acid groups (broad SMARTS) is 1. The number of benzene rings is 2. The fourth-order valence-electron chi connectivity index (χ4n) is 3.76. The largest absolute Gasteiger partial charge is 0.479 e. The maximum absolute atomic E-state index is 12.3. The van der Waals surface area contributed by atoms with E-state index < -0.39 is 17.7 Å². The van der Waals surface area contributed by atoms with Gasteiger partial charge < -0.3 is 20.5 Å². The highest BCUT2D eigenvalue weighted by molar-refractivity contribution is 6.04. The van der Waals surface area contributed by atoms with Crippen molar-refractivity contribution >= 4 is 23.3 Å². The van der Waals surface area contributed by atoms with Gasteiger partial charge in [0.25, 0.3) is 0 Å². The smallest absolute Gasteiger partial charge is 0.337 e. The number of fused-ring (bicyclic) bond motifs is 1. The summed E-state index contributed by atoms with van der Waals surface area (Å²) >= 11 is 0. The SMILES string of the molecule is C.Cc1ccc(-c2c(C)c3c(c(C)c2[C@H](OC(C)(C)C)C(=O)O)NC(=O)CN3)cc1. The van der Waals surface area contributed by atoms with Crippen LogP contribution in [0, 0.1) is 20.8 Å². The van der Waals surface area contributed by atoms with E-state index in [1.54, 1.807) is 0 Å². The first-order chi connectivity index (χ1) is 13.5. The zero-order valence-corrected chi connectivity index (χ0v) is 17.8. The maximum Gasteiger partial charge on any atom is 0.337 e. The molecule has 6 nitrogen and oxygen atoms in total. The van der Waals surface area contributed by atoms with E-state index >= 15 is 0 Å². The summed E-state index contributed by atoms with van der Waals surface area (Å²) in [4.78, 5) is 24.3. The number of aliphatic carboxylic acids is 1. The summed E-state index contributed by atoms with van der Waals surface area (Å²) in [5.41, 5.74) is 5.77. The van der Waals surface area contributed by atoms with Crippen molar-refractivity contribution < 1.29 is 19.4 Å². The van der Waals surface area contributed by atoms with Gasteiger partial charge in [-0.1, -0.05) is 37.3 Å². The lowest BCUT2D eigenvalue weighted by molar-refractivity contribution is -0.160. The van der Waals surface area contributed by atoms with Crippen LogP contribution in [0.1, 0.15) is 56.6 Å². The molecular weight excluding hydrogens is 380 g/mol. The number of ether oxygens (including phenoxy) is 1. The predicted molar refractivity (Wildman–Crippen MR) is 121 cm³/mol. The second kappa shape index (κ2) is 8.48. The Morgan fingerprint density at radius 2 is 1.67 bits per heavy atom. The third kappa shape index (κ3) is 4.49. The quantitative estimate of drug-likeness (QED) is 0.641. The first-order valence-electron chi connectivity index (χ1n) is 9.68. The van der Waals surface area contributed by atoms with Gasteiger partial charge in [-0.25, -0.2) is 4.79 Å². The fraction of sp³-hybridized carbons (Fsp3) is 0.417. The molecule has 1 aliphatic rings. The summed E-state index contributed by atoms with van der Waals surface area (Å²) in [6, 6.07) is 7.99. The van der Waals surface area contributed by atoms with Crippen molar-refractivity contribution in [3.05, 3.63) is 46.5 Å². The number of aryl methyl sites for hydroxylation is 1. The van der Waals surface area contributed by atoms with Gasteiger partial charge in [0, 0.05) is 5.56 Å². The molecule has 0 aliphatic carbocycles. The van der Waals surface area contributed by atoms with Gasteiger partial charge >= 0.3 is 5.97 Å². The summed E-state index contributed by atoms with van der Waals surface area (Å²) in [6.07, 6.45) is -1.17. The molecule has 0 spiro atoms. The van der Waals surface area contributed by atoms with E-state index in [9.17, 15) is 14.7 Å². The molecule has 0 fully saturated rings. The van der Waals surface area contributed by atoms with Crippen LogP contribution < -0.4 is 10.6 Å². The Kier molecular flexibility index (Phi) is 6.62. The standard InChI is InChI=1S/C23H28N2O4.CH4/c1-12-7-9-15(10-8-12)17-13(2)19-20(25-16(26)11-24-19)14(3)18(17)21(22(27)28)29-23(4,5)6;/h7-10,21,24H,11H2,1-6H3,(H,25,26)(H,27,28);1H4/t21-;/m0./s1. The van der Waals surface area contributed by atoms with Crippen molar-refractivity contribution in [3.63, 3.8) is 0 Å². The van der Waals surface area contributed by atoms with Crippen molar-refractivity contribution in [1.29, 1.82) is 0 Å². The molecule has 6 heteroatoms. The van der Waals surface area contributed by atoms with Gasteiger partial charge in [-0.15, -0.1) is 0 Å². The second-order valence-corrected chi connectivity index (χ2v) is 8.50. The average molecular weight is 413 g/mol. The molecule has 0 aromatic heterocycles. The lowest BCUT2D eigenvalue weighted by atomic mass is 9.85. The summed E-state index contributed by atoms with van der Waals surface area (Å²) in [7, 11) is 0. The minimum Gasteiger partial charge on any atom is -0.479 e. The number of anilines is 2. The van der Waals surface area contributed by atoms with Gasteiger partial charge in [0.05, 0.1) is 23.5 Å². The number of nitrogens with one attached hydrogen (secondary N) is 2. The summed E-state index contributed by atoms with van der Waals surface area (Å²) < 4.78 is 5.99. The Morgan fingerprint density at radius 3 is 2.20 bits per heavy atom. The Morgan fingerprint density at radius 1 is 1.07 bits per heavy atom. The molecule has 2 aromatic carbocycles. The zero-order valence-electron chi connectivity index (χ0n) is 17.8. The topological polar surface area (TPSA) is 87.7 Å². The van der Waals surface area contributed by atoms with Crippen LogP contribution in [0.15, 0.2) is 24.3 Å². The summed E-state index contributed by atoms with van der Waals surface area (Å²) in [6.45, 7) is 11.5. The van der Waals surface area contributed by atoms with Crippen LogP contribution in [0.3, 0.4) is 0 Å². The van der Waals surface area contributed by atoms with E-state index in [2.05, 4.69) is 10.6 Å². The van der Waals surface area contributed by atoms with E-state index in [-0.39, 0.29) is 19.9 Å². The van der Waals surface area contributed by atoms with Gasteiger partial charge in [0.2, 0.25) is 5.91 Å². The van der Waals surface area contributed by atoms with Gasteiger partial charge in [-0.3, -0.25) is 4.79 Å². The molecule has 30 heavy (non-hydrogen) atoms. The Labute approximate surface area is 178 Å². The van der Waals surface area contributed by atoms with Gasteiger partial charge in [-0.2, -0.15) is 0 Å². The Bertz CT molecular complexity index is 972. The average Bonchev–Trinajstić information content (AvgIpc) is 2.63. The Hall–Kier alpha value is -2.86. The van der Waals surface area contributed by atoms with Gasteiger partial charge in [0.1, 0.15) is 0 Å². The monoisotopic (exact) mass is 412 g/mol. The number of carbonyl (C=O) groups excluding carboxylic acids is 1. The zero-order chi connectivity index (χ0) is 21.5. The molecule has 1 heterocycles. The number of hydrogen-bond acceptors (Lipinski definition) is 4. The lowest BCUT2D eigenvalue weighted by Gasteiger charge is -2.32. The van der Waals surface area contributed by atoms with Crippen LogP contribution in [0.2, 0.25) is 0 Å². The molecule has 1 atom stereocenters. The van der Waals surface area contributed by atoms with Crippen LogP contribution in [0.5, 0.6) is 0 Å². The van der Waals surface area contributed by atoms with E-state index in [4.69, 9.17) is 4.74 Å². The lowest BCUT2D eigenvalue weighted by Crippen LogP contribution is -2.31. The van der Waals surface area contributed by atoms with Gasteiger partial charge in [-0.05, 0) is 63.8 Å². The molecule has 3 rings (SSSR count). The number of amides is 1. The van der Waals surface area contributed by atoms with Crippen LogP contribution in [0.25, 0.3) is 11.1 Å². The van der Waals surface area contributed by atoms with Crippen molar-refractivity contribution in [2.75, 3.05) is 17.2 Å². The first-order valence-corrected chi connectivity index (χ1v) is 9.68. The van der Waals surface area contributed by atoms with Gasteiger partial charge in [0.15, 0.2) is 6.10 Å². The molecule has 0 bridgehead atoms. The molecule has 0 radical (unpaired) electrons. The second-order valence-electron chi connectivity index (χ2n) is 8.50. The number of rotatable bonds is 4. The molecule has 1 aliphatic heterocycles. The molecule has 0 saturated carbocycles. The van der Waals surface area contributed by atoms with Crippen LogP contribution >= 0.6 is 0 Å². The molecule has 0 saturated heterocycles. The van der Waals surface area contributed by atoms with E-state index in [1.165, 1.54) is 0 Å². The van der Waals surface area contributed by atoms with Crippen molar-refractivity contribution in [3.8, 4) is 11.1 Å². The summed E-state index contributed by atoms with van der Waals surface area (Å²) in [5.74, 6) is -1.22. The first kappa shape index (κ1) is 23.4. The van der Waals surface area contributed by atoms with Crippen LogP contribution in [-0.2, 0) is 14.3 Å². The molecule has 1 amide bonds. The molecule has 3 N–H and O–H groups in total. The van der Waals surface area contributed by atoms with Crippen molar-refractivity contribution in [1.82, 2.24) is 0 Å². The van der Waals surface area contributed by atoms with Crippen LogP contribution in [0.4, 0.5) is 11.4 Å². The normalized spacial score (nSPS) is 14.1. The van der Waals surface area contributed by atoms with E-state index in [0.717, 1.165) is 27.9 Å². The van der Waals surface area contributed by atoms with E-state index in [1.807, 2.05) is 65.8 Å². The molecular formula is C24H32N2O4. The highest BCUT2D eigenvalue weighted by Gasteiger charge is 2.34. The number of carboxylic acids is 1. The highest BCUT2D eigenvalue weighted by Crippen LogP contribution is 2.46. The van der Waals surface area contributed by atoms with Crippen molar-refractivity contribution in [2.45, 2.75) is 60.7 Å². The molecule has 0 unspecified atom stereocenters. The number of hydrogen-bond donors (Lipinski definition) is 3. The maximum atomic E-state index is 12.3. The third-order valence-corrected chi connectivity index (χ3v) is 5.04. The van der Waals surface area contributed by atoms with Crippen molar-refractivity contribution in [2.24, 2.45) is 0 Å². The Balaban J connectivity index is 0.00000320. The molecule has 2 aromatic rings. The highest BCUT2D eigenvalue weighted by atomic mass is 16.5. The predicted octanol–water partition coefficient (Wildman–Crippen LogP) is 5.22. The number of carbonyl (C=O) groups is 2. The minimum absolute atomic E-state index is 0. The molecule has 162 valence electrons. The summed E-state index contributed by atoms with van der Waals surface area (Å²) in [5, 5.41) is 16.1. The minimum atomic E-state index is -1.17. The van der Waals surface area contributed by atoms with E-state index in [0.29, 0.717) is 16.8 Å². The third-order valence-electron chi connectivity index (χ3n) is 5.04.